The first-order chi connectivity index (χ1) is 19.9. The maximum Gasteiger partial charge on any atom is 0.264 e. The number of aryl methyl sites for hydroxylation is 1. The van der Waals surface area contributed by atoms with E-state index in [4.69, 9.17) is 21.1 Å². The molecule has 0 heterocycles. The molecule has 0 saturated heterocycles. The minimum Gasteiger partial charge on any atom is -0.497 e. The van der Waals surface area contributed by atoms with E-state index in [1.807, 2.05) is 20.8 Å². The zero-order valence-electron chi connectivity index (χ0n) is 24.8. The molecule has 3 rings (SSSR count). The second-order valence-electron chi connectivity index (χ2n) is 9.97. The Morgan fingerprint density at radius 2 is 1.64 bits per heavy atom. The van der Waals surface area contributed by atoms with Crippen LogP contribution in [0.4, 0.5) is 5.69 Å². The Kier molecular flexibility index (Phi) is 11.2. The highest BCUT2D eigenvalue weighted by Gasteiger charge is 2.34. The number of carbonyl (C=O) groups is 2. The lowest BCUT2D eigenvalue weighted by atomic mass is 10.1. The van der Waals surface area contributed by atoms with Gasteiger partial charge in [0, 0.05) is 23.7 Å². The second kappa shape index (κ2) is 14.4. The minimum absolute atomic E-state index is 0.00834. The quantitative estimate of drug-likeness (QED) is 0.284. The highest BCUT2D eigenvalue weighted by molar-refractivity contribution is 7.92. The number of amides is 2. The van der Waals surface area contributed by atoms with Crippen molar-refractivity contribution in [2.75, 3.05) is 25.1 Å². The number of anilines is 1. The lowest BCUT2D eigenvalue weighted by Crippen LogP contribution is -2.52. The number of sulfonamides is 1. The van der Waals surface area contributed by atoms with E-state index in [2.05, 4.69) is 5.32 Å². The fourth-order valence-corrected chi connectivity index (χ4v) is 5.81. The van der Waals surface area contributed by atoms with Crippen molar-refractivity contribution in [3.63, 3.8) is 0 Å². The van der Waals surface area contributed by atoms with Crippen LogP contribution in [-0.4, -0.2) is 58.0 Å². The first-order valence-electron chi connectivity index (χ1n) is 13.6. The number of hydrogen-bond acceptors (Lipinski definition) is 6. The van der Waals surface area contributed by atoms with E-state index in [1.165, 1.54) is 37.3 Å². The molecule has 0 radical (unpaired) electrons. The van der Waals surface area contributed by atoms with E-state index in [1.54, 1.807) is 55.5 Å². The molecular weight excluding hydrogens is 578 g/mol. The summed E-state index contributed by atoms with van der Waals surface area (Å²) >= 11 is 6.43. The van der Waals surface area contributed by atoms with E-state index in [0.29, 0.717) is 22.8 Å². The first-order valence-corrected chi connectivity index (χ1v) is 15.4. The highest BCUT2D eigenvalue weighted by atomic mass is 35.5. The summed E-state index contributed by atoms with van der Waals surface area (Å²) < 4.78 is 40.1. The molecule has 2 atom stereocenters. The maximum atomic E-state index is 14.2. The fourth-order valence-electron chi connectivity index (χ4n) is 4.20. The molecule has 3 aromatic carbocycles. The fraction of sp³-hybridized carbons (Fsp3) is 0.355. The summed E-state index contributed by atoms with van der Waals surface area (Å²) in [5.41, 5.74) is 1.60. The molecule has 0 aliphatic rings. The third-order valence-electron chi connectivity index (χ3n) is 7.01. The number of ether oxygens (including phenoxy) is 2. The van der Waals surface area contributed by atoms with Crippen LogP contribution in [0.25, 0.3) is 0 Å². The second-order valence-corrected chi connectivity index (χ2v) is 12.2. The van der Waals surface area contributed by atoms with Crippen LogP contribution in [0.5, 0.6) is 11.5 Å². The predicted molar refractivity (Wildman–Crippen MR) is 165 cm³/mol. The molecule has 0 aliphatic heterocycles. The molecule has 0 aliphatic carbocycles. The van der Waals surface area contributed by atoms with E-state index in [0.717, 1.165) is 9.87 Å². The van der Waals surface area contributed by atoms with Crippen molar-refractivity contribution in [3.8, 4) is 11.5 Å². The Labute approximate surface area is 253 Å². The van der Waals surface area contributed by atoms with Crippen molar-refractivity contribution in [3.05, 3.63) is 82.9 Å². The van der Waals surface area contributed by atoms with E-state index in [-0.39, 0.29) is 34.8 Å². The Bertz CT molecular complexity index is 1500. The molecule has 0 fully saturated rings. The Hall–Kier alpha value is -3.76. The molecular formula is C31H38ClN3O6S. The van der Waals surface area contributed by atoms with E-state index >= 15 is 0 Å². The topological polar surface area (TPSA) is 105 Å². The van der Waals surface area contributed by atoms with Gasteiger partial charge in [0.1, 0.15) is 24.1 Å². The molecule has 226 valence electrons. The number of nitrogens with one attached hydrogen (secondary N) is 1. The zero-order valence-corrected chi connectivity index (χ0v) is 26.3. The molecule has 11 heteroatoms. The largest absolute Gasteiger partial charge is 0.497 e. The summed E-state index contributed by atoms with van der Waals surface area (Å²) in [4.78, 5) is 28.7. The number of benzene rings is 3. The summed E-state index contributed by atoms with van der Waals surface area (Å²) in [5, 5.41) is 3.33. The average Bonchev–Trinajstić information content (AvgIpc) is 2.98. The highest BCUT2D eigenvalue weighted by Crippen LogP contribution is 2.36. The van der Waals surface area contributed by atoms with Crippen LogP contribution >= 0.6 is 11.6 Å². The van der Waals surface area contributed by atoms with Crippen molar-refractivity contribution in [2.24, 2.45) is 0 Å². The van der Waals surface area contributed by atoms with Gasteiger partial charge < -0.3 is 19.7 Å². The van der Waals surface area contributed by atoms with Gasteiger partial charge in [0.25, 0.3) is 10.0 Å². The normalized spacial score (nSPS) is 12.6. The summed E-state index contributed by atoms with van der Waals surface area (Å²) in [7, 11) is -1.41. The van der Waals surface area contributed by atoms with Crippen molar-refractivity contribution in [2.45, 2.75) is 57.6 Å². The molecule has 0 aromatic heterocycles. The van der Waals surface area contributed by atoms with Gasteiger partial charge in [-0.05, 0) is 63.1 Å². The Balaban J connectivity index is 2.13. The molecule has 0 spiro atoms. The van der Waals surface area contributed by atoms with Crippen LogP contribution in [0.3, 0.4) is 0 Å². The van der Waals surface area contributed by atoms with Gasteiger partial charge in [-0.2, -0.15) is 0 Å². The molecule has 3 aromatic rings. The van der Waals surface area contributed by atoms with Crippen molar-refractivity contribution in [1.29, 1.82) is 0 Å². The first kappa shape index (κ1) is 32.8. The van der Waals surface area contributed by atoms with Crippen LogP contribution in [0.15, 0.2) is 71.6 Å². The Morgan fingerprint density at radius 1 is 0.976 bits per heavy atom. The van der Waals surface area contributed by atoms with Gasteiger partial charge in [-0.1, -0.05) is 54.4 Å². The molecule has 0 bridgehead atoms. The molecule has 42 heavy (non-hydrogen) atoms. The number of halogens is 1. The summed E-state index contributed by atoms with van der Waals surface area (Å²) in [6.07, 6.45) is 0.703. The monoisotopic (exact) mass is 615 g/mol. The van der Waals surface area contributed by atoms with Gasteiger partial charge in [-0.15, -0.1) is 0 Å². The zero-order chi connectivity index (χ0) is 31.0. The third-order valence-corrected chi connectivity index (χ3v) is 9.15. The number of hydrogen-bond donors (Lipinski definition) is 1. The van der Waals surface area contributed by atoms with E-state index < -0.39 is 28.5 Å². The number of nitrogens with zero attached hydrogens (tertiary/aromatic N) is 2. The van der Waals surface area contributed by atoms with Gasteiger partial charge >= 0.3 is 0 Å². The molecule has 9 nitrogen and oxygen atoms in total. The lowest BCUT2D eigenvalue weighted by Gasteiger charge is -2.33. The van der Waals surface area contributed by atoms with Crippen LogP contribution in [-0.2, 0) is 26.2 Å². The smallest absolute Gasteiger partial charge is 0.264 e. The molecule has 1 N–H and O–H groups in total. The standard InChI is InChI=1S/C31H38ClN3O6S/c1-7-22(3)33-31(37)23(4)34(19-24-10-8-9-11-27(24)32)30(36)20-35(28-18-25(40-5)14-17-29(28)41-6)42(38,39)26-15-12-21(2)13-16-26/h8-18,22-23H,7,19-20H2,1-6H3,(H,33,37)/t22-,23-/m0/s1. The third kappa shape index (κ3) is 7.74. The van der Waals surface area contributed by atoms with Gasteiger partial charge in [0.05, 0.1) is 24.8 Å². The summed E-state index contributed by atoms with van der Waals surface area (Å²) in [6.45, 7) is 6.64. The molecule has 0 unspecified atom stereocenters. The van der Waals surface area contributed by atoms with E-state index in [9.17, 15) is 18.0 Å². The summed E-state index contributed by atoms with van der Waals surface area (Å²) in [6, 6.07) is 17.0. The van der Waals surface area contributed by atoms with Crippen LogP contribution in [0.2, 0.25) is 5.02 Å². The lowest BCUT2D eigenvalue weighted by molar-refractivity contribution is -0.139. The van der Waals surface area contributed by atoms with Gasteiger partial charge in [-0.25, -0.2) is 8.42 Å². The minimum atomic E-state index is -4.28. The maximum absolute atomic E-state index is 14.2. The van der Waals surface area contributed by atoms with Crippen LogP contribution < -0.4 is 19.1 Å². The SMILES string of the molecule is CC[C@H](C)NC(=O)[C@H](C)N(Cc1ccccc1Cl)C(=O)CN(c1cc(OC)ccc1OC)S(=O)(=O)c1ccc(C)cc1. The van der Waals surface area contributed by atoms with Crippen molar-refractivity contribution in [1.82, 2.24) is 10.2 Å². The van der Waals surface area contributed by atoms with Crippen molar-refractivity contribution >= 4 is 39.1 Å². The van der Waals surface area contributed by atoms with Crippen LogP contribution in [0, 0.1) is 6.92 Å². The number of carbonyl (C=O) groups excluding carboxylic acids is 2. The molecule has 0 saturated carbocycles. The van der Waals surface area contributed by atoms with Crippen molar-refractivity contribution < 1.29 is 27.5 Å². The Morgan fingerprint density at radius 3 is 2.24 bits per heavy atom. The van der Waals surface area contributed by atoms with Crippen LogP contribution in [0.1, 0.15) is 38.3 Å². The summed E-state index contributed by atoms with van der Waals surface area (Å²) in [5.74, 6) is -0.380. The molecule has 2 amide bonds. The average molecular weight is 616 g/mol. The van der Waals surface area contributed by atoms with Gasteiger partial charge in [0.15, 0.2) is 0 Å². The van der Waals surface area contributed by atoms with Gasteiger partial charge in [0.2, 0.25) is 11.8 Å². The number of rotatable bonds is 13. The predicted octanol–water partition coefficient (Wildman–Crippen LogP) is 5.19. The van der Waals surface area contributed by atoms with Gasteiger partial charge in [-0.3, -0.25) is 13.9 Å². The number of methoxy groups -OCH3 is 2.